The van der Waals surface area contributed by atoms with Gasteiger partial charge in [0, 0.05) is 21.8 Å². The third-order valence-electron chi connectivity index (χ3n) is 2.98. The maximum atomic E-state index is 9.84. The highest BCUT2D eigenvalue weighted by molar-refractivity contribution is 9.10. The van der Waals surface area contributed by atoms with Gasteiger partial charge in [-0.3, -0.25) is 0 Å². The van der Waals surface area contributed by atoms with Crippen molar-refractivity contribution in [3.05, 3.63) is 52.0 Å². The van der Waals surface area contributed by atoms with Gasteiger partial charge in [0.05, 0.1) is 6.04 Å². The van der Waals surface area contributed by atoms with Crippen LogP contribution in [0.3, 0.4) is 0 Å². The molecule has 0 saturated heterocycles. The van der Waals surface area contributed by atoms with Crippen molar-refractivity contribution in [3.8, 4) is 11.5 Å². The van der Waals surface area contributed by atoms with Gasteiger partial charge in [-0.05, 0) is 59.6 Å². The molecule has 1 unspecified atom stereocenters. The summed E-state index contributed by atoms with van der Waals surface area (Å²) in [5, 5.41) is 22.5. The number of halogens is 1. The molecule has 0 saturated carbocycles. The Balaban J connectivity index is 2.23. The summed E-state index contributed by atoms with van der Waals surface area (Å²) in [4.78, 5) is 0. The van der Waals surface area contributed by atoms with E-state index in [2.05, 4.69) is 21.2 Å². The largest absolute Gasteiger partial charge is 0.508 e. The predicted molar refractivity (Wildman–Crippen MR) is 80.7 cm³/mol. The number of aryl methyl sites for hydroxylation is 1. The van der Waals surface area contributed by atoms with E-state index in [4.69, 9.17) is 0 Å². The lowest BCUT2D eigenvalue weighted by molar-refractivity contribution is 0.444. The normalized spacial score (nSPS) is 12.2. The van der Waals surface area contributed by atoms with Crippen molar-refractivity contribution < 1.29 is 10.2 Å². The van der Waals surface area contributed by atoms with E-state index in [0.29, 0.717) is 0 Å². The van der Waals surface area contributed by atoms with E-state index < -0.39 is 0 Å². The minimum Gasteiger partial charge on any atom is -0.508 e. The van der Waals surface area contributed by atoms with Crippen molar-refractivity contribution >= 4 is 21.6 Å². The molecule has 0 aliphatic rings. The molecule has 0 aromatic heterocycles. The number of aromatic hydroxyl groups is 2. The molecule has 0 heterocycles. The first-order chi connectivity index (χ1) is 8.97. The highest BCUT2D eigenvalue weighted by atomic mass is 79.9. The van der Waals surface area contributed by atoms with Crippen LogP contribution in [-0.2, 0) is 0 Å². The highest BCUT2D eigenvalue weighted by Crippen LogP contribution is 2.32. The Morgan fingerprint density at radius 1 is 1.11 bits per heavy atom. The molecular weight excluding hydrogens is 306 g/mol. The van der Waals surface area contributed by atoms with Crippen LogP contribution >= 0.6 is 15.9 Å². The summed E-state index contributed by atoms with van der Waals surface area (Å²) in [5.41, 5.74) is 2.88. The standard InChI is InChI=1S/C15H16BrNO2/c1-9-3-6-14(13(16)7-9)17-10(2)12-5-4-11(18)8-15(12)19/h3-8,10,17-19H,1-2H3. The fourth-order valence-electron chi connectivity index (χ4n) is 1.95. The van der Waals surface area contributed by atoms with Crippen molar-refractivity contribution in [2.24, 2.45) is 0 Å². The smallest absolute Gasteiger partial charge is 0.124 e. The number of anilines is 1. The molecule has 0 aliphatic heterocycles. The van der Waals surface area contributed by atoms with Gasteiger partial charge in [0.2, 0.25) is 0 Å². The first-order valence-corrected chi connectivity index (χ1v) is 6.81. The second-order valence-electron chi connectivity index (χ2n) is 4.59. The molecule has 19 heavy (non-hydrogen) atoms. The Bertz CT molecular complexity index is 599. The van der Waals surface area contributed by atoms with Crippen LogP contribution in [0.25, 0.3) is 0 Å². The fraction of sp³-hybridized carbons (Fsp3) is 0.200. The van der Waals surface area contributed by atoms with Gasteiger partial charge in [-0.2, -0.15) is 0 Å². The monoisotopic (exact) mass is 321 g/mol. The summed E-state index contributed by atoms with van der Waals surface area (Å²) in [6.07, 6.45) is 0. The summed E-state index contributed by atoms with van der Waals surface area (Å²) in [6, 6.07) is 10.6. The number of benzene rings is 2. The summed E-state index contributed by atoms with van der Waals surface area (Å²) in [6.45, 7) is 3.99. The average molecular weight is 322 g/mol. The van der Waals surface area contributed by atoms with Crippen molar-refractivity contribution in [2.75, 3.05) is 5.32 Å². The summed E-state index contributed by atoms with van der Waals surface area (Å²) in [5.74, 6) is 0.146. The first-order valence-electron chi connectivity index (χ1n) is 6.02. The van der Waals surface area contributed by atoms with Crippen LogP contribution in [0.5, 0.6) is 11.5 Å². The fourth-order valence-corrected chi connectivity index (χ4v) is 2.55. The number of nitrogens with one attached hydrogen (secondary N) is 1. The van der Waals surface area contributed by atoms with E-state index in [1.165, 1.54) is 11.6 Å². The molecule has 3 N–H and O–H groups in total. The molecule has 100 valence electrons. The molecule has 2 aromatic carbocycles. The molecule has 0 fully saturated rings. The van der Waals surface area contributed by atoms with Crippen LogP contribution in [-0.4, -0.2) is 10.2 Å². The second-order valence-corrected chi connectivity index (χ2v) is 5.45. The van der Waals surface area contributed by atoms with Gasteiger partial charge < -0.3 is 15.5 Å². The number of hydrogen-bond donors (Lipinski definition) is 3. The highest BCUT2D eigenvalue weighted by Gasteiger charge is 2.12. The van der Waals surface area contributed by atoms with E-state index in [1.807, 2.05) is 32.0 Å². The Labute approximate surface area is 121 Å². The summed E-state index contributed by atoms with van der Waals surface area (Å²) in [7, 11) is 0. The van der Waals surface area contributed by atoms with Gasteiger partial charge in [-0.25, -0.2) is 0 Å². The molecule has 0 amide bonds. The maximum Gasteiger partial charge on any atom is 0.124 e. The number of phenols is 2. The van der Waals surface area contributed by atoms with Crippen molar-refractivity contribution in [2.45, 2.75) is 19.9 Å². The average Bonchev–Trinajstić information content (AvgIpc) is 2.32. The second kappa shape index (κ2) is 5.53. The van der Waals surface area contributed by atoms with Crippen LogP contribution in [0.15, 0.2) is 40.9 Å². The van der Waals surface area contributed by atoms with E-state index in [0.717, 1.165) is 15.7 Å². The zero-order valence-electron chi connectivity index (χ0n) is 10.8. The van der Waals surface area contributed by atoms with Gasteiger partial charge in [0.15, 0.2) is 0 Å². The Kier molecular flexibility index (Phi) is 4.00. The molecule has 2 rings (SSSR count). The lowest BCUT2D eigenvalue weighted by Gasteiger charge is -2.18. The summed E-state index contributed by atoms with van der Waals surface area (Å²) >= 11 is 3.51. The minimum atomic E-state index is -0.0698. The third kappa shape index (κ3) is 3.20. The predicted octanol–water partition coefficient (Wildman–Crippen LogP) is 4.34. The van der Waals surface area contributed by atoms with Crippen LogP contribution < -0.4 is 5.32 Å². The van der Waals surface area contributed by atoms with Crippen molar-refractivity contribution in [1.29, 1.82) is 0 Å². The van der Waals surface area contributed by atoms with Crippen molar-refractivity contribution in [1.82, 2.24) is 0 Å². The van der Waals surface area contributed by atoms with Crippen LogP contribution in [0.1, 0.15) is 24.1 Å². The molecule has 1 atom stereocenters. The molecule has 0 radical (unpaired) electrons. The topological polar surface area (TPSA) is 52.5 Å². The van der Waals surface area contributed by atoms with Gasteiger partial charge in [0.1, 0.15) is 11.5 Å². The Morgan fingerprint density at radius 2 is 1.84 bits per heavy atom. The van der Waals surface area contributed by atoms with E-state index in [-0.39, 0.29) is 17.5 Å². The zero-order chi connectivity index (χ0) is 14.0. The summed E-state index contributed by atoms with van der Waals surface area (Å²) < 4.78 is 0.984. The van der Waals surface area contributed by atoms with Crippen LogP contribution in [0.4, 0.5) is 5.69 Å². The minimum absolute atomic E-state index is 0.0602. The molecular formula is C15H16BrNO2. The van der Waals surface area contributed by atoms with Gasteiger partial charge in [-0.15, -0.1) is 0 Å². The van der Waals surface area contributed by atoms with E-state index in [1.54, 1.807) is 12.1 Å². The van der Waals surface area contributed by atoms with Gasteiger partial charge in [-0.1, -0.05) is 6.07 Å². The first kappa shape index (κ1) is 13.7. The Morgan fingerprint density at radius 3 is 2.47 bits per heavy atom. The lowest BCUT2D eigenvalue weighted by atomic mass is 10.1. The molecule has 0 aliphatic carbocycles. The van der Waals surface area contributed by atoms with Crippen molar-refractivity contribution in [3.63, 3.8) is 0 Å². The van der Waals surface area contributed by atoms with Gasteiger partial charge in [0.25, 0.3) is 0 Å². The maximum absolute atomic E-state index is 9.84. The SMILES string of the molecule is Cc1ccc(NC(C)c2ccc(O)cc2O)c(Br)c1. The van der Waals surface area contributed by atoms with Crippen LogP contribution in [0.2, 0.25) is 0 Å². The van der Waals surface area contributed by atoms with Crippen LogP contribution in [0, 0.1) is 6.92 Å². The number of phenolic OH excluding ortho intramolecular Hbond substituents is 2. The Hall–Kier alpha value is -1.68. The van der Waals surface area contributed by atoms with E-state index >= 15 is 0 Å². The number of rotatable bonds is 3. The zero-order valence-corrected chi connectivity index (χ0v) is 12.4. The quantitative estimate of drug-likeness (QED) is 0.788. The third-order valence-corrected chi connectivity index (χ3v) is 3.63. The van der Waals surface area contributed by atoms with E-state index in [9.17, 15) is 10.2 Å². The molecule has 3 nitrogen and oxygen atoms in total. The van der Waals surface area contributed by atoms with Gasteiger partial charge >= 0.3 is 0 Å². The molecule has 2 aromatic rings. The number of hydrogen-bond acceptors (Lipinski definition) is 3. The lowest BCUT2D eigenvalue weighted by Crippen LogP contribution is -2.07. The molecule has 0 spiro atoms. The molecule has 4 heteroatoms. The molecule has 0 bridgehead atoms.